The molecule has 2 atom stereocenters. The van der Waals surface area contributed by atoms with Crippen LogP contribution in [-0.4, -0.2) is 39.0 Å². The van der Waals surface area contributed by atoms with E-state index >= 15 is 0 Å². The molecule has 0 aliphatic carbocycles. The number of carbonyl (C=O) groups is 1. The Labute approximate surface area is 169 Å². The fourth-order valence-corrected chi connectivity index (χ4v) is 5.40. The summed E-state index contributed by atoms with van der Waals surface area (Å²) in [5.74, 6) is 0.787. The summed E-state index contributed by atoms with van der Waals surface area (Å²) in [4.78, 5) is 25.4. The Balaban J connectivity index is 1.58. The number of nitrogens with one attached hydrogen (secondary N) is 1. The van der Waals surface area contributed by atoms with Crippen LogP contribution < -0.4 is 11.1 Å². The minimum atomic E-state index is -0.869. The van der Waals surface area contributed by atoms with Gasteiger partial charge in [-0.15, -0.1) is 11.3 Å². The first-order valence-electron chi connectivity index (χ1n) is 8.71. The Hall–Kier alpha value is -1.98. The van der Waals surface area contributed by atoms with Crippen LogP contribution in [0.25, 0.3) is 0 Å². The summed E-state index contributed by atoms with van der Waals surface area (Å²) in [6.45, 7) is 3.66. The third-order valence-corrected chi connectivity index (χ3v) is 6.82. The van der Waals surface area contributed by atoms with Crippen molar-refractivity contribution >= 4 is 40.0 Å². The maximum Gasteiger partial charge on any atom is 0.278 e. The van der Waals surface area contributed by atoms with Crippen molar-refractivity contribution in [2.45, 2.75) is 38.1 Å². The van der Waals surface area contributed by atoms with E-state index in [1.54, 1.807) is 17.1 Å². The van der Waals surface area contributed by atoms with E-state index < -0.39 is 18.1 Å². The van der Waals surface area contributed by atoms with Gasteiger partial charge in [-0.2, -0.15) is 0 Å². The van der Waals surface area contributed by atoms with Gasteiger partial charge in [-0.25, -0.2) is 19.4 Å². The van der Waals surface area contributed by atoms with Gasteiger partial charge >= 0.3 is 0 Å². The van der Waals surface area contributed by atoms with Gasteiger partial charge in [-0.1, -0.05) is 11.8 Å². The number of hydrogen-bond acceptors (Lipinski definition) is 9. The molecule has 2 aromatic rings. The molecule has 11 heteroatoms. The van der Waals surface area contributed by atoms with Crippen molar-refractivity contribution in [1.82, 2.24) is 9.97 Å². The Morgan fingerprint density at radius 1 is 1.46 bits per heavy atom. The van der Waals surface area contributed by atoms with E-state index in [9.17, 15) is 9.18 Å². The minimum Gasteiger partial charge on any atom is -0.445 e. The van der Waals surface area contributed by atoms with Gasteiger partial charge < -0.3 is 20.2 Å². The van der Waals surface area contributed by atoms with Crippen LogP contribution >= 0.6 is 23.1 Å². The lowest BCUT2D eigenvalue weighted by Gasteiger charge is -2.47. The highest BCUT2D eigenvalue weighted by Crippen LogP contribution is 2.49. The molecular formula is C17H20FN5O3S2. The van der Waals surface area contributed by atoms with Gasteiger partial charge in [0.1, 0.15) is 22.6 Å². The first kappa shape index (κ1) is 19.3. The van der Waals surface area contributed by atoms with Crippen LogP contribution in [0, 0.1) is 5.92 Å². The number of nitrogens with two attached hydrogens (primary N) is 1. The summed E-state index contributed by atoms with van der Waals surface area (Å²) in [7, 11) is 0. The van der Waals surface area contributed by atoms with Crippen molar-refractivity contribution in [2.75, 3.05) is 17.7 Å². The molecule has 1 saturated heterocycles. The Morgan fingerprint density at radius 2 is 2.29 bits per heavy atom. The van der Waals surface area contributed by atoms with Gasteiger partial charge in [0.15, 0.2) is 17.5 Å². The average Bonchev–Trinajstić information content (AvgIpc) is 3.31. The number of fused-ring (bicyclic) bond motifs is 1. The van der Waals surface area contributed by atoms with Crippen LogP contribution in [0.5, 0.6) is 0 Å². The van der Waals surface area contributed by atoms with Crippen molar-refractivity contribution in [3.05, 3.63) is 28.2 Å². The highest BCUT2D eigenvalue weighted by atomic mass is 32.2. The van der Waals surface area contributed by atoms with Gasteiger partial charge in [-0.3, -0.25) is 4.79 Å². The molecule has 0 aromatic carbocycles. The molecule has 0 spiro atoms. The van der Waals surface area contributed by atoms with Crippen LogP contribution in [-0.2, 0) is 17.0 Å². The molecule has 4 heterocycles. The van der Waals surface area contributed by atoms with Crippen LogP contribution in [0.15, 0.2) is 21.1 Å². The Bertz CT molecular complexity index is 928. The lowest BCUT2D eigenvalue weighted by molar-refractivity contribution is -0.109. The Morgan fingerprint density at radius 3 is 3.04 bits per heavy atom. The van der Waals surface area contributed by atoms with Crippen molar-refractivity contribution in [3.63, 3.8) is 0 Å². The van der Waals surface area contributed by atoms with Gasteiger partial charge in [0.25, 0.3) is 5.91 Å². The van der Waals surface area contributed by atoms with Crippen molar-refractivity contribution in [3.8, 4) is 0 Å². The molecule has 2 aromatic heterocycles. The predicted molar refractivity (Wildman–Crippen MR) is 105 cm³/mol. The number of rotatable bonds is 4. The van der Waals surface area contributed by atoms with E-state index in [4.69, 9.17) is 19.9 Å². The quantitative estimate of drug-likeness (QED) is 0.774. The summed E-state index contributed by atoms with van der Waals surface area (Å²) in [5, 5.41) is 5.66. The van der Waals surface area contributed by atoms with Crippen molar-refractivity contribution < 1.29 is 18.3 Å². The first-order chi connectivity index (χ1) is 13.3. The smallest absolute Gasteiger partial charge is 0.278 e. The third kappa shape index (κ3) is 3.53. The number of halogens is 1. The number of amides is 1. The number of oxazole rings is 1. The van der Waals surface area contributed by atoms with Gasteiger partial charge in [0, 0.05) is 17.1 Å². The molecule has 8 nitrogen and oxygen atoms in total. The number of anilines is 1. The SMILES string of the molecule is CC1(C)C[C@@H]2CSC(N)=N[C@]2(c2nc(NC(=O)c3coc(CF)n3)cs2)CO1. The number of ether oxygens (including phenoxy) is 1. The summed E-state index contributed by atoms with van der Waals surface area (Å²) in [5.41, 5.74) is 5.15. The highest BCUT2D eigenvalue weighted by molar-refractivity contribution is 8.13. The van der Waals surface area contributed by atoms with Crippen LogP contribution in [0.4, 0.5) is 10.2 Å². The molecule has 0 saturated carbocycles. The summed E-state index contributed by atoms with van der Waals surface area (Å²) in [6, 6.07) is 0. The molecule has 4 rings (SSSR count). The number of amidine groups is 1. The maximum atomic E-state index is 12.5. The molecule has 2 aliphatic rings. The van der Waals surface area contributed by atoms with E-state index in [1.807, 2.05) is 0 Å². The molecule has 0 radical (unpaired) electrons. The standard InChI is InChI=1S/C17H20FN5O3S2/c1-16(2)3-9-6-28-15(19)23-17(9,8-26-16)14-22-11(7-27-14)21-13(24)10-5-25-12(4-18)20-10/h5,7,9H,3-4,6,8H2,1-2H3,(H2,19,23)(H,21,24)/t9-,17-/m1/s1. The molecule has 1 fully saturated rings. The zero-order valence-corrected chi connectivity index (χ0v) is 17.0. The van der Waals surface area contributed by atoms with Crippen LogP contribution in [0.1, 0.15) is 41.7 Å². The molecule has 2 aliphatic heterocycles. The second-order valence-electron chi connectivity index (χ2n) is 7.39. The topological polar surface area (TPSA) is 116 Å². The van der Waals surface area contributed by atoms with Gasteiger partial charge in [0.05, 0.1) is 12.2 Å². The number of nitrogens with zero attached hydrogens (tertiary/aromatic N) is 3. The lowest BCUT2D eigenvalue weighted by atomic mass is 9.77. The monoisotopic (exact) mass is 425 g/mol. The van der Waals surface area contributed by atoms with Crippen molar-refractivity contribution in [1.29, 1.82) is 0 Å². The molecule has 3 N–H and O–H groups in total. The highest BCUT2D eigenvalue weighted by Gasteiger charge is 2.52. The fraction of sp³-hybridized carbons (Fsp3) is 0.529. The summed E-state index contributed by atoms with van der Waals surface area (Å²) in [6.07, 6.45) is 1.95. The van der Waals surface area contributed by atoms with E-state index in [2.05, 4.69) is 29.1 Å². The fourth-order valence-electron chi connectivity index (χ4n) is 3.45. The predicted octanol–water partition coefficient (Wildman–Crippen LogP) is 2.92. The lowest BCUT2D eigenvalue weighted by Crippen LogP contribution is -2.52. The zero-order chi connectivity index (χ0) is 19.9. The van der Waals surface area contributed by atoms with E-state index in [0.717, 1.165) is 23.4 Å². The number of carbonyl (C=O) groups excluding carboxylic acids is 1. The average molecular weight is 426 g/mol. The normalized spacial score (nSPS) is 26.4. The number of aliphatic imine (C=N–C) groups is 1. The largest absolute Gasteiger partial charge is 0.445 e. The molecule has 0 bridgehead atoms. The second kappa shape index (κ2) is 7.12. The number of thiazole rings is 1. The van der Waals surface area contributed by atoms with Crippen LogP contribution in [0.3, 0.4) is 0 Å². The molecule has 0 unspecified atom stereocenters. The number of hydrogen-bond donors (Lipinski definition) is 2. The Kier molecular flexibility index (Phi) is 4.92. The number of thioether (sulfide) groups is 1. The number of alkyl halides is 1. The minimum absolute atomic E-state index is 0.00248. The zero-order valence-electron chi connectivity index (χ0n) is 15.4. The maximum absolute atomic E-state index is 12.5. The molecule has 1 amide bonds. The van der Waals surface area contributed by atoms with Crippen molar-refractivity contribution in [2.24, 2.45) is 16.6 Å². The summed E-state index contributed by atoms with van der Waals surface area (Å²) >= 11 is 2.95. The molecule has 150 valence electrons. The van der Waals surface area contributed by atoms with E-state index in [0.29, 0.717) is 17.6 Å². The molecular weight excluding hydrogens is 405 g/mol. The van der Waals surface area contributed by atoms with Gasteiger partial charge in [0.2, 0.25) is 5.89 Å². The third-order valence-electron chi connectivity index (χ3n) is 4.85. The number of aromatic nitrogens is 2. The van der Waals surface area contributed by atoms with Gasteiger partial charge in [-0.05, 0) is 20.3 Å². The first-order valence-corrected chi connectivity index (χ1v) is 10.6. The molecule has 28 heavy (non-hydrogen) atoms. The summed E-state index contributed by atoms with van der Waals surface area (Å²) < 4.78 is 23.5. The van der Waals surface area contributed by atoms with E-state index in [-0.39, 0.29) is 23.1 Å². The van der Waals surface area contributed by atoms with E-state index in [1.165, 1.54) is 11.3 Å². The second-order valence-corrected chi connectivity index (χ2v) is 9.29. The van der Waals surface area contributed by atoms with Crippen LogP contribution in [0.2, 0.25) is 0 Å².